The van der Waals surface area contributed by atoms with E-state index in [1.165, 1.54) is 0 Å². The molecule has 4 nitrogen and oxygen atoms in total. The molecule has 0 saturated heterocycles. The van der Waals surface area contributed by atoms with Crippen LogP contribution in [0.15, 0.2) is 18.2 Å². The van der Waals surface area contributed by atoms with E-state index in [0.29, 0.717) is 17.0 Å². The average Bonchev–Trinajstić information content (AvgIpc) is 2.41. The van der Waals surface area contributed by atoms with Gasteiger partial charge in [-0.3, -0.25) is 9.59 Å². The van der Waals surface area contributed by atoms with Gasteiger partial charge in [0.1, 0.15) is 5.75 Å². The Morgan fingerprint density at radius 1 is 1.35 bits per heavy atom. The van der Waals surface area contributed by atoms with Gasteiger partial charge in [0.2, 0.25) is 0 Å². The molecule has 2 atom stereocenters. The Hall–Kier alpha value is -1.55. The van der Waals surface area contributed by atoms with Gasteiger partial charge in [-0.25, -0.2) is 0 Å². The lowest BCUT2D eigenvalue weighted by Crippen LogP contribution is -2.46. The summed E-state index contributed by atoms with van der Waals surface area (Å²) in [5.41, 5.74) is 1.09. The first kappa shape index (κ1) is 14.9. The Kier molecular flexibility index (Phi) is 4.04. The molecule has 1 aliphatic heterocycles. The molecule has 1 amide bonds. The smallest absolute Gasteiger partial charge is 0.268 e. The summed E-state index contributed by atoms with van der Waals surface area (Å²) in [5.74, 6) is 0.434. The van der Waals surface area contributed by atoms with Crippen LogP contribution < -0.4 is 9.64 Å². The summed E-state index contributed by atoms with van der Waals surface area (Å²) in [6.45, 7) is 5.51. The van der Waals surface area contributed by atoms with Crippen LogP contribution in [0.5, 0.6) is 5.75 Å². The first-order valence-electron chi connectivity index (χ1n) is 6.59. The topological polar surface area (TPSA) is 46.6 Å². The number of alkyl halides is 1. The SMILES string of the molecule is CC(Cl)C(=O)c1ccc2c(c1)N(C)C(=O)C(C(C)C)O2. The van der Waals surface area contributed by atoms with Crippen LogP contribution in [0.2, 0.25) is 0 Å². The maximum Gasteiger partial charge on any atom is 0.268 e. The highest BCUT2D eigenvalue weighted by atomic mass is 35.5. The molecule has 2 rings (SSSR count). The molecule has 0 bridgehead atoms. The second-order valence-corrected chi connectivity index (χ2v) is 6.00. The number of carbonyl (C=O) groups excluding carboxylic acids is 2. The number of rotatable bonds is 3. The van der Waals surface area contributed by atoms with Crippen LogP contribution in [0.3, 0.4) is 0 Å². The number of fused-ring (bicyclic) bond motifs is 1. The third-order valence-corrected chi connectivity index (χ3v) is 3.60. The van der Waals surface area contributed by atoms with Crippen molar-refractivity contribution in [3.8, 4) is 5.75 Å². The summed E-state index contributed by atoms with van der Waals surface area (Å²) in [4.78, 5) is 25.7. The van der Waals surface area contributed by atoms with E-state index in [1.807, 2.05) is 13.8 Å². The quantitative estimate of drug-likeness (QED) is 0.636. The predicted molar refractivity (Wildman–Crippen MR) is 78.8 cm³/mol. The van der Waals surface area contributed by atoms with Gasteiger partial charge < -0.3 is 9.64 Å². The molecule has 2 unspecified atom stereocenters. The zero-order chi connectivity index (χ0) is 15.0. The number of ether oxygens (including phenoxy) is 1. The zero-order valence-corrected chi connectivity index (χ0v) is 12.8. The van der Waals surface area contributed by atoms with Crippen molar-refractivity contribution in [2.45, 2.75) is 32.3 Å². The minimum Gasteiger partial charge on any atom is -0.478 e. The summed E-state index contributed by atoms with van der Waals surface area (Å²) < 4.78 is 5.74. The molecule has 0 aromatic heterocycles. The summed E-state index contributed by atoms with van der Waals surface area (Å²) >= 11 is 5.81. The summed E-state index contributed by atoms with van der Waals surface area (Å²) in [7, 11) is 1.69. The van der Waals surface area contributed by atoms with Gasteiger partial charge in [0.15, 0.2) is 11.9 Å². The van der Waals surface area contributed by atoms with Crippen molar-refractivity contribution in [3.63, 3.8) is 0 Å². The fourth-order valence-corrected chi connectivity index (χ4v) is 2.31. The molecule has 0 spiro atoms. The van der Waals surface area contributed by atoms with Crippen molar-refractivity contribution in [2.24, 2.45) is 5.92 Å². The van der Waals surface area contributed by atoms with Crippen molar-refractivity contribution in [3.05, 3.63) is 23.8 Å². The molecule has 0 saturated carbocycles. The van der Waals surface area contributed by atoms with Crippen LogP contribution in [-0.2, 0) is 4.79 Å². The zero-order valence-electron chi connectivity index (χ0n) is 12.0. The maximum atomic E-state index is 12.2. The standard InChI is InChI=1S/C15H18ClNO3/c1-8(2)14-15(19)17(4)11-7-10(13(18)9(3)16)5-6-12(11)20-14/h5-9,14H,1-4H3. The van der Waals surface area contributed by atoms with E-state index in [4.69, 9.17) is 16.3 Å². The summed E-state index contributed by atoms with van der Waals surface area (Å²) in [6.07, 6.45) is -0.485. The number of ketones is 1. The van der Waals surface area contributed by atoms with Crippen molar-refractivity contribution in [2.75, 3.05) is 11.9 Å². The fraction of sp³-hybridized carbons (Fsp3) is 0.467. The lowest BCUT2D eigenvalue weighted by Gasteiger charge is -2.34. The Morgan fingerprint density at radius 2 is 2.00 bits per heavy atom. The summed E-state index contributed by atoms with van der Waals surface area (Å²) in [6, 6.07) is 5.06. The number of benzene rings is 1. The molecule has 0 N–H and O–H groups in total. The van der Waals surface area contributed by atoms with Crippen LogP contribution in [-0.4, -0.2) is 30.2 Å². The third kappa shape index (κ3) is 2.52. The van der Waals surface area contributed by atoms with Gasteiger partial charge in [0, 0.05) is 12.6 Å². The molecule has 1 aromatic rings. The number of amides is 1. The first-order valence-corrected chi connectivity index (χ1v) is 7.03. The van der Waals surface area contributed by atoms with Gasteiger partial charge in [-0.2, -0.15) is 0 Å². The normalized spacial score (nSPS) is 19.6. The van der Waals surface area contributed by atoms with E-state index in [0.717, 1.165) is 0 Å². The van der Waals surface area contributed by atoms with E-state index >= 15 is 0 Å². The van der Waals surface area contributed by atoms with Gasteiger partial charge in [-0.1, -0.05) is 13.8 Å². The molecule has 0 fully saturated rings. The second-order valence-electron chi connectivity index (χ2n) is 5.34. The number of anilines is 1. The molecule has 1 heterocycles. The molecule has 5 heteroatoms. The monoisotopic (exact) mass is 295 g/mol. The molecule has 1 aromatic carbocycles. The number of halogens is 1. The number of hydrogen-bond donors (Lipinski definition) is 0. The van der Waals surface area contributed by atoms with Crippen LogP contribution in [0.4, 0.5) is 5.69 Å². The van der Waals surface area contributed by atoms with Gasteiger partial charge >= 0.3 is 0 Å². The average molecular weight is 296 g/mol. The Bertz CT molecular complexity index is 554. The maximum absolute atomic E-state index is 12.2. The first-order chi connectivity index (χ1) is 9.32. The van der Waals surface area contributed by atoms with Gasteiger partial charge in [0.05, 0.1) is 11.1 Å². The van der Waals surface area contributed by atoms with Crippen LogP contribution >= 0.6 is 11.6 Å². The highest BCUT2D eigenvalue weighted by Gasteiger charge is 2.34. The highest BCUT2D eigenvalue weighted by Crippen LogP contribution is 2.35. The van der Waals surface area contributed by atoms with E-state index in [2.05, 4.69) is 0 Å². The van der Waals surface area contributed by atoms with Crippen LogP contribution in [0.1, 0.15) is 31.1 Å². The third-order valence-electron chi connectivity index (χ3n) is 3.40. The van der Waals surface area contributed by atoms with Crippen molar-refractivity contribution in [1.82, 2.24) is 0 Å². The molecular formula is C15H18ClNO3. The molecule has 20 heavy (non-hydrogen) atoms. The van der Waals surface area contributed by atoms with Crippen molar-refractivity contribution < 1.29 is 14.3 Å². The molecular weight excluding hydrogens is 278 g/mol. The van der Waals surface area contributed by atoms with E-state index in [1.54, 1.807) is 37.1 Å². The molecule has 108 valence electrons. The number of nitrogens with zero attached hydrogens (tertiary/aromatic N) is 1. The molecule has 0 radical (unpaired) electrons. The van der Waals surface area contributed by atoms with E-state index in [9.17, 15) is 9.59 Å². The van der Waals surface area contributed by atoms with Crippen LogP contribution in [0, 0.1) is 5.92 Å². The predicted octanol–water partition coefficient (Wildman–Crippen LogP) is 2.88. The number of likely N-dealkylation sites (N-methyl/N-ethyl adjacent to an activating group) is 1. The minimum absolute atomic E-state index is 0.0854. The van der Waals surface area contributed by atoms with Gasteiger partial charge in [0.25, 0.3) is 5.91 Å². The largest absolute Gasteiger partial charge is 0.478 e. The van der Waals surface area contributed by atoms with Gasteiger partial charge in [-0.15, -0.1) is 11.6 Å². The number of Topliss-reactive ketones (excluding diaryl/α,β-unsaturated/α-hetero) is 1. The van der Waals surface area contributed by atoms with Gasteiger partial charge in [-0.05, 0) is 31.0 Å². The minimum atomic E-state index is -0.595. The second kappa shape index (κ2) is 5.44. The van der Waals surface area contributed by atoms with Crippen molar-refractivity contribution in [1.29, 1.82) is 0 Å². The lowest BCUT2D eigenvalue weighted by molar-refractivity contribution is -0.127. The Morgan fingerprint density at radius 3 is 2.55 bits per heavy atom. The molecule has 1 aliphatic rings. The summed E-state index contributed by atoms with van der Waals surface area (Å²) in [5, 5.41) is -0.595. The Labute approximate surface area is 123 Å². The van der Waals surface area contributed by atoms with E-state index < -0.39 is 11.5 Å². The molecule has 0 aliphatic carbocycles. The number of carbonyl (C=O) groups is 2. The fourth-order valence-electron chi connectivity index (χ4n) is 2.18. The highest BCUT2D eigenvalue weighted by molar-refractivity contribution is 6.33. The lowest BCUT2D eigenvalue weighted by atomic mass is 10.0. The Balaban J connectivity index is 2.41. The van der Waals surface area contributed by atoms with Crippen molar-refractivity contribution >= 4 is 29.0 Å². The number of hydrogen-bond acceptors (Lipinski definition) is 3. The van der Waals surface area contributed by atoms with E-state index in [-0.39, 0.29) is 17.6 Å². The van der Waals surface area contributed by atoms with Crippen LogP contribution in [0.25, 0.3) is 0 Å².